The van der Waals surface area contributed by atoms with Gasteiger partial charge >= 0.3 is 0 Å². The van der Waals surface area contributed by atoms with Gasteiger partial charge in [0.05, 0.1) is 12.1 Å². The minimum Gasteiger partial charge on any atom is -0.412 e. The van der Waals surface area contributed by atoms with E-state index in [1.807, 2.05) is 0 Å². The van der Waals surface area contributed by atoms with Gasteiger partial charge in [-0.15, -0.1) is 0 Å². The van der Waals surface area contributed by atoms with E-state index in [0.717, 1.165) is 6.42 Å². The molecule has 0 saturated carbocycles. The second-order valence-electron chi connectivity index (χ2n) is 5.20. The number of hydrogen-bond acceptors (Lipinski definition) is 2. The van der Waals surface area contributed by atoms with Gasteiger partial charge in [-0.3, -0.25) is 0 Å². The second-order valence-corrected chi connectivity index (χ2v) is 9.66. The molecule has 1 aliphatic rings. The summed E-state index contributed by atoms with van der Waals surface area (Å²) in [5.41, 5.74) is 8.81. The summed E-state index contributed by atoms with van der Waals surface area (Å²) >= 11 is 0. The maximum absolute atomic E-state index is 6.20. The number of rotatable bonds is 2. The lowest BCUT2D eigenvalue weighted by Crippen LogP contribution is -2.36. The molecule has 15 heavy (non-hydrogen) atoms. The van der Waals surface area contributed by atoms with Crippen molar-refractivity contribution in [1.29, 1.82) is 0 Å². The zero-order valence-corrected chi connectivity index (χ0v) is 10.7. The van der Waals surface area contributed by atoms with E-state index >= 15 is 0 Å². The van der Waals surface area contributed by atoms with Crippen molar-refractivity contribution in [2.45, 2.75) is 38.2 Å². The van der Waals surface area contributed by atoms with Gasteiger partial charge in [0.2, 0.25) is 0 Å². The Hall–Kier alpha value is -0.643. The van der Waals surface area contributed by atoms with Crippen LogP contribution in [0.3, 0.4) is 0 Å². The van der Waals surface area contributed by atoms with Crippen LogP contribution in [0.4, 0.5) is 0 Å². The molecule has 0 bridgehead atoms. The molecule has 2 N–H and O–H groups in total. The van der Waals surface area contributed by atoms with Crippen molar-refractivity contribution < 1.29 is 4.43 Å². The molecule has 1 aromatic rings. The molecule has 0 heterocycles. The topological polar surface area (TPSA) is 35.2 Å². The van der Waals surface area contributed by atoms with E-state index in [9.17, 15) is 0 Å². The molecule has 3 heteroatoms. The van der Waals surface area contributed by atoms with E-state index in [1.54, 1.807) is 0 Å². The largest absolute Gasteiger partial charge is 0.412 e. The summed E-state index contributed by atoms with van der Waals surface area (Å²) < 4.78 is 6.11. The minimum absolute atomic E-state index is 0.0629. The molecule has 2 nitrogen and oxygen atoms in total. The summed E-state index contributed by atoms with van der Waals surface area (Å²) in [6.45, 7) is 6.63. The van der Waals surface area contributed by atoms with Gasteiger partial charge in [0.15, 0.2) is 8.32 Å². The molecule has 0 amide bonds. The molecule has 0 saturated heterocycles. The van der Waals surface area contributed by atoms with Crippen LogP contribution in [0.15, 0.2) is 24.3 Å². The predicted octanol–water partition coefficient (Wildman–Crippen LogP) is 2.46. The van der Waals surface area contributed by atoms with Gasteiger partial charge in [0, 0.05) is 0 Å². The third-order valence-corrected chi connectivity index (χ3v) is 3.75. The number of hydrogen-bond donors (Lipinski definition) is 1. The van der Waals surface area contributed by atoms with Gasteiger partial charge in [-0.2, -0.15) is 0 Å². The van der Waals surface area contributed by atoms with Crippen molar-refractivity contribution in [2.75, 3.05) is 0 Å². The van der Waals surface area contributed by atoms with Crippen LogP contribution < -0.4 is 5.73 Å². The lowest BCUT2D eigenvalue weighted by molar-refractivity contribution is 0.177. The zero-order chi connectivity index (χ0) is 11.1. The van der Waals surface area contributed by atoms with Crippen LogP contribution in [-0.2, 0) is 10.8 Å². The van der Waals surface area contributed by atoms with Gasteiger partial charge in [-0.05, 0) is 37.2 Å². The molecule has 1 aromatic carbocycles. The fraction of sp³-hybridized carbons (Fsp3) is 0.500. The molecule has 0 spiro atoms. The zero-order valence-electron chi connectivity index (χ0n) is 9.66. The maximum Gasteiger partial charge on any atom is 0.184 e. The summed E-state index contributed by atoms with van der Waals surface area (Å²) in [6, 6.07) is 8.46. The normalized spacial score (nSPS) is 25.3. The molecular weight excluding hydrogens is 202 g/mol. The van der Waals surface area contributed by atoms with Gasteiger partial charge in [0.1, 0.15) is 0 Å². The minimum atomic E-state index is -1.48. The molecule has 0 radical (unpaired) electrons. The molecule has 2 atom stereocenters. The van der Waals surface area contributed by atoms with Gasteiger partial charge in [0.25, 0.3) is 0 Å². The van der Waals surface area contributed by atoms with Crippen molar-refractivity contribution in [3.05, 3.63) is 35.4 Å². The average molecular weight is 221 g/mol. The quantitative estimate of drug-likeness (QED) is 0.779. The SMILES string of the molecule is C[Si](C)(C)OC1Cc2ccccc2C1N. The van der Waals surface area contributed by atoms with Crippen LogP contribution in [0.1, 0.15) is 17.2 Å². The summed E-state index contributed by atoms with van der Waals surface area (Å²) in [5.74, 6) is 0. The Bertz CT molecular complexity index is 359. The van der Waals surface area contributed by atoms with Gasteiger partial charge in [-0.25, -0.2) is 0 Å². The van der Waals surface area contributed by atoms with Crippen LogP contribution >= 0.6 is 0 Å². The lowest BCUT2D eigenvalue weighted by Gasteiger charge is -2.26. The van der Waals surface area contributed by atoms with E-state index in [2.05, 4.69) is 43.9 Å². The highest BCUT2D eigenvalue weighted by Gasteiger charge is 2.33. The Kier molecular flexibility index (Phi) is 2.71. The first kappa shape index (κ1) is 10.9. The van der Waals surface area contributed by atoms with Crippen LogP contribution in [0, 0.1) is 0 Å². The summed E-state index contributed by atoms with van der Waals surface area (Å²) in [6.07, 6.45) is 1.16. The van der Waals surface area contributed by atoms with Crippen molar-refractivity contribution in [2.24, 2.45) is 5.73 Å². The van der Waals surface area contributed by atoms with Gasteiger partial charge in [-0.1, -0.05) is 24.3 Å². The monoisotopic (exact) mass is 221 g/mol. The molecule has 0 fully saturated rings. The molecule has 2 unspecified atom stereocenters. The Balaban J connectivity index is 2.17. The van der Waals surface area contributed by atoms with E-state index in [0.29, 0.717) is 0 Å². The third kappa shape index (κ3) is 2.30. The molecule has 1 aliphatic carbocycles. The first-order valence-electron chi connectivity index (χ1n) is 5.48. The second kappa shape index (κ2) is 3.74. The molecule has 82 valence electrons. The smallest absolute Gasteiger partial charge is 0.184 e. The van der Waals surface area contributed by atoms with Crippen molar-refractivity contribution in [3.8, 4) is 0 Å². The number of fused-ring (bicyclic) bond motifs is 1. The van der Waals surface area contributed by atoms with Crippen LogP contribution in [0.25, 0.3) is 0 Å². The highest BCUT2D eigenvalue weighted by Crippen LogP contribution is 2.32. The highest BCUT2D eigenvalue weighted by atomic mass is 28.4. The van der Waals surface area contributed by atoms with E-state index in [4.69, 9.17) is 10.2 Å². The van der Waals surface area contributed by atoms with E-state index < -0.39 is 8.32 Å². The Labute approximate surface area is 92.6 Å². The fourth-order valence-electron chi connectivity index (χ4n) is 2.16. The van der Waals surface area contributed by atoms with Crippen LogP contribution in [0.2, 0.25) is 19.6 Å². The predicted molar refractivity (Wildman–Crippen MR) is 65.3 cm³/mol. The van der Waals surface area contributed by atoms with Gasteiger partial charge < -0.3 is 10.2 Å². The summed E-state index contributed by atoms with van der Waals surface area (Å²) in [7, 11) is -1.48. The molecule has 0 aliphatic heterocycles. The van der Waals surface area contributed by atoms with Crippen molar-refractivity contribution in [3.63, 3.8) is 0 Å². The highest BCUT2D eigenvalue weighted by molar-refractivity contribution is 6.69. The van der Waals surface area contributed by atoms with E-state index in [-0.39, 0.29) is 12.1 Å². The average Bonchev–Trinajstić information content (AvgIpc) is 2.42. The molecule has 0 aromatic heterocycles. The third-order valence-electron chi connectivity index (χ3n) is 2.74. The van der Waals surface area contributed by atoms with Crippen LogP contribution in [-0.4, -0.2) is 14.4 Å². The number of nitrogens with two attached hydrogens (primary N) is 1. The fourth-order valence-corrected chi connectivity index (χ4v) is 3.30. The molecular formula is C12H19NOSi. The van der Waals surface area contributed by atoms with E-state index in [1.165, 1.54) is 11.1 Å². The van der Waals surface area contributed by atoms with Crippen molar-refractivity contribution >= 4 is 8.32 Å². The number of benzene rings is 1. The van der Waals surface area contributed by atoms with Crippen LogP contribution in [0.5, 0.6) is 0 Å². The Morgan fingerprint density at radius 3 is 2.53 bits per heavy atom. The standard InChI is InChI=1S/C12H19NOSi/c1-15(2,3)14-11-8-9-6-4-5-7-10(9)12(11)13/h4-7,11-12H,8,13H2,1-3H3. The summed E-state index contributed by atoms with van der Waals surface area (Å²) in [4.78, 5) is 0. The molecule has 2 rings (SSSR count). The Morgan fingerprint density at radius 2 is 1.93 bits per heavy atom. The summed E-state index contributed by atoms with van der Waals surface area (Å²) in [5, 5.41) is 0. The lowest BCUT2D eigenvalue weighted by atomic mass is 10.1. The first-order chi connectivity index (χ1) is 6.97. The Morgan fingerprint density at radius 1 is 1.27 bits per heavy atom. The van der Waals surface area contributed by atoms with Crippen molar-refractivity contribution in [1.82, 2.24) is 0 Å². The maximum atomic E-state index is 6.20. The first-order valence-corrected chi connectivity index (χ1v) is 8.89.